The highest BCUT2D eigenvalue weighted by Gasteiger charge is 2.10. The van der Waals surface area contributed by atoms with Gasteiger partial charge in [-0.05, 0) is 22.9 Å². The van der Waals surface area contributed by atoms with E-state index in [1.54, 1.807) is 0 Å². The van der Waals surface area contributed by atoms with Gasteiger partial charge in [0.25, 0.3) is 0 Å². The van der Waals surface area contributed by atoms with Crippen LogP contribution >= 0.6 is 0 Å². The van der Waals surface area contributed by atoms with Crippen LogP contribution in [0.4, 0.5) is 5.69 Å². The second-order valence-corrected chi connectivity index (χ2v) is 4.74. The number of benzene rings is 2. The SMILES string of the molecule is Nc1ccc2nnc(-c3cccc4ccccc34)n2c1. The van der Waals surface area contributed by atoms with Crippen molar-refractivity contribution in [2.24, 2.45) is 0 Å². The molecule has 0 aliphatic carbocycles. The highest BCUT2D eigenvalue weighted by atomic mass is 15.2. The number of rotatable bonds is 1. The topological polar surface area (TPSA) is 56.2 Å². The molecule has 20 heavy (non-hydrogen) atoms. The number of hydrogen-bond donors (Lipinski definition) is 1. The molecular weight excluding hydrogens is 248 g/mol. The molecule has 0 atom stereocenters. The summed E-state index contributed by atoms with van der Waals surface area (Å²) < 4.78 is 1.93. The molecule has 0 bridgehead atoms. The zero-order valence-electron chi connectivity index (χ0n) is 10.7. The average molecular weight is 260 g/mol. The van der Waals surface area contributed by atoms with Gasteiger partial charge in [0.05, 0.1) is 0 Å². The van der Waals surface area contributed by atoms with Crippen molar-refractivity contribution >= 4 is 22.1 Å². The van der Waals surface area contributed by atoms with E-state index < -0.39 is 0 Å². The van der Waals surface area contributed by atoms with Crippen LogP contribution in [0.2, 0.25) is 0 Å². The molecule has 0 spiro atoms. The maximum Gasteiger partial charge on any atom is 0.169 e. The van der Waals surface area contributed by atoms with E-state index in [1.165, 1.54) is 5.39 Å². The van der Waals surface area contributed by atoms with Gasteiger partial charge in [-0.3, -0.25) is 4.40 Å². The van der Waals surface area contributed by atoms with Crippen molar-refractivity contribution in [1.82, 2.24) is 14.6 Å². The Morgan fingerprint density at radius 3 is 2.65 bits per heavy atom. The minimum absolute atomic E-state index is 0.693. The molecule has 0 saturated heterocycles. The fourth-order valence-electron chi connectivity index (χ4n) is 2.51. The maximum atomic E-state index is 5.87. The van der Waals surface area contributed by atoms with Crippen molar-refractivity contribution in [2.45, 2.75) is 0 Å². The van der Waals surface area contributed by atoms with Gasteiger partial charge in [-0.25, -0.2) is 0 Å². The summed E-state index contributed by atoms with van der Waals surface area (Å²) in [6, 6.07) is 18.1. The smallest absolute Gasteiger partial charge is 0.169 e. The minimum Gasteiger partial charge on any atom is -0.398 e. The molecular formula is C16H12N4. The normalized spacial score (nSPS) is 11.2. The molecule has 0 saturated carbocycles. The molecule has 0 aliphatic rings. The van der Waals surface area contributed by atoms with Crippen LogP contribution in [0.1, 0.15) is 0 Å². The number of fused-ring (bicyclic) bond motifs is 2. The summed E-state index contributed by atoms with van der Waals surface area (Å²) in [5, 5.41) is 10.9. The first-order valence-corrected chi connectivity index (χ1v) is 6.41. The summed E-state index contributed by atoms with van der Waals surface area (Å²) in [6.45, 7) is 0. The predicted molar refractivity (Wildman–Crippen MR) is 80.3 cm³/mol. The number of nitrogen functional groups attached to an aromatic ring is 1. The molecule has 4 nitrogen and oxygen atoms in total. The van der Waals surface area contributed by atoms with Crippen molar-refractivity contribution in [3.8, 4) is 11.4 Å². The molecule has 2 heterocycles. The third-order valence-electron chi connectivity index (χ3n) is 3.46. The molecule has 0 amide bonds. The Hall–Kier alpha value is -2.88. The first-order valence-electron chi connectivity index (χ1n) is 6.41. The Balaban J connectivity index is 2.09. The van der Waals surface area contributed by atoms with E-state index in [9.17, 15) is 0 Å². The molecule has 2 aromatic carbocycles. The Morgan fingerprint density at radius 1 is 0.850 bits per heavy atom. The Labute approximate surface area is 115 Å². The van der Waals surface area contributed by atoms with E-state index in [4.69, 9.17) is 5.73 Å². The van der Waals surface area contributed by atoms with Crippen LogP contribution in [0.3, 0.4) is 0 Å². The van der Waals surface area contributed by atoms with E-state index in [1.807, 2.05) is 40.9 Å². The van der Waals surface area contributed by atoms with Crippen molar-refractivity contribution < 1.29 is 0 Å². The lowest BCUT2D eigenvalue weighted by Crippen LogP contribution is -1.93. The first kappa shape index (κ1) is 11.0. The highest BCUT2D eigenvalue weighted by molar-refractivity contribution is 5.95. The standard InChI is InChI=1S/C16H12N4/c17-12-8-9-15-18-19-16(20(15)10-12)14-7-3-5-11-4-1-2-6-13(11)14/h1-10H,17H2. The van der Waals surface area contributed by atoms with E-state index in [2.05, 4.69) is 34.5 Å². The molecule has 4 rings (SSSR count). The van der Waals surface area contributed by atoms with E-state index >= 15 is 0 Å². The van der Waals surface area contributed by atoms with Gasteiger partial charge in [-0.15, -0.1) is 10.2 Å². The van der Waals surface area contributed by atoms with Crippen molar-refractivity contribution in [3.05, 3.63) is 60.8 Å². The van der Waals surface area contributed by atoms with Crippen LogP contribution in [0.25, 0.3) is 27.8 Å². The largest absolute Gasteiger partial charge is 0.398 e. The Kier molecular flexibility index (Phi) is 2.23. The average Bonchev–Trinajstić information content (AvgIpc) is 2.89. The quantitative estimate of drug-likeness (QED) is 0.572. The van der Waals surface area contributed by atoms with Crippen LogP contribution in [-0.2, 0) is 0 Å². The molecule has 0 radical (unpaired) electrons. The molecule has 0 aliphatic heterocycles. The zero-order valence-corrected chi connectivity index (χ0v) is 10.7. The van der Waals surface area contributed by atoms with Gasteiger partial charge in [-0.1, -0.05) is 42.5 Å². The van der Waals surface area contributed by atoms with Crippen LogP contribution in [0, 0.1) is 0 Å². The first-order chi connectivity index (χ1) is 9.83. The summed E-state index contributed by atoms with van der Waals surface area (Å²) in [7, 11) is 0. The van der Waals surface area contributed by atoms with Gasteiger partial charge in [0.2, 0.25) is 0 Å². The van der Waals surface area contributed by atoms with Crippen LogP contribution in [-0.4, -0.2) is 14.6 Å². The lowest BCUT2D eigenvalue weighted by atomic mass is 10.0. The Morgan fingerprint density at radius 2 is 1.70 bits per heavy atom. The number of hydrogen-bond acceptors (Lipinski definition) is 3. The van der Waals surface area contributed by atoms with Crippen LogP contribution < -0.4 is 5.73 Å². The van der Waals surface area contributed by atoms with E-state index in [-0.39, 0.29) is 0 Å². The van der Waals surface area contributed by atoms with Crippen molar-refractivity contribution in [3.63, 3.8) is 0 Å². The zero-order chi connectivity index (χ0) is 13.5. The fourth-order valence-corrected chi connectivity index (χ4v) is 2.51. The van der Waals surface area contributed by atoms with Gasteiger partial charge >= 0.3 is 0 Å². The van der Waals surface area contributed by atoms with Crippen molar-refractivity contribution in [2.75, 3.05) is 5.73 Å². The lowest BCUT2D eigenvalue weighted by Gasteiger charge is -2.05. The number of anilines is 1. The van der Waals surface area contributed by atoms with Crippen LogP contribution in [0.15, 0.2) is 60.8 Å². The summed E-state index contributed by atoms with van der Waals surface area (Å²) in [4.78, 5) is 0. The lowest BCUT2D eigenvalue weighted by molar-refractivity contribution is 1.11. The third-order valence-corrected chi connectivity index (χ3v) is 3.46. The maximum absolute atomic E-state index is 5.87. The van der Waals surface area contributed by atoms with Gasteiger partial charge in [0.15, 0.2) is 11.5 Å². The monoisotopic (exact) mass is 260 g/mol. The van der Waals surface area contributed by atoms with Gasteiger partial charge in [0.1, 0.15) is 0 Å². The second kappa shape index (κ2) is 4.06. The van der Waals surface area contributed by atoms with Crippen molar-refractivity contribution in [1.29, 1.82) is 0 Å². The van der Waals surface area contributed by atoms with Gasteiger partial charge < -0.3 is 5.73 Å². The number of nitrogens with zero attached hydrogens (tertiary/aromatic N) is 3. The fraction of sp³-hybridized carbons (Fsp3) is 0. The van der Waals surface area contributed by atoms with Crippen LogP contribution in [0.5, 0.6) is 0 Å². The number of aromatic nitrogens is 3. The molecule has 4 aromatic rings. The molecule has 2 aromatic heterocycles. The van der Waals surface area contributed by atoms with Gasteiger partial charge in [-0.2, -0.15) is 0 Å². The van der Waals surface area contributed by atoms with E-state index in [0.717, 1.165) is 22.4 Å². The molecule has 0 fully saturated rings. The number of pyridine rings is 1. The number of nitrogens with two attached hydrogens (primary N) is 1. The molecule has 2 N–H and O–H groups in total. The summed E-state index contributed by atoms with van der Waals surface area (Å²) in [6.07, 6.45) is 1.85. The third kappa shape index (κ3) is 1.55. The molecule has 96 valence electrons. The summed E-state index contributed by atoms with van der Waals surface area (Å²) in [5.74, 6) is 0.809. The Bertz CT molecular complexity index is 919. The molecule has 0 unspecified atom stereocenters. The summed E-state index contributed by atoms with van der Waals surface area (Å²) >= 11 is 0. The molecule has 4 heteroatoms. The predicted octanol–water partition coefficient (Wildman–Crippen LogP) is 3.13. The van der Waals surface area contributed by atoms with Gasteiger partial charge in [0, 0.05) is 17.4 Å². The highest BCUT2D eigenvalue weighted by Crippen LogP contribution is 2.27. The minimum atomic E-state index is 0.693. The second-order valence-electron chi connectivity index (χ2n) is 4.74. The summed E-state index contributed by atoms with van der Waals surface area (Å²) in [5.41, 5.74) is 8.41. The van der Waals surface area contributed by atoms with E-state index in [0.29, 0.717) is 5.69 Å².